The number of hydrogen-bond acceptors (Lipinski definition) is 4. The van der Waals surface area contributed by atoms with Crippen molar-refractivity contribution in [2.45, 2.75) is 38.2 Å². The Labute approximate surface area is 140 Å². The third-order valence-corrected chi connectivity index (χ3v) is 4.87. The minimum absolute atomic E-state index is 0.0689. The van der Waals surface area contributed by atoms with Crippen LogP contribution in [0.1, 0.15) is 38.4 Å². The lowest BCUT2D eigenvalue weighted by Crippen LogP contribution is -2.29. The second-order valence-electron chi connectivity index (χ2n) is 6.87. The van der Waals surface area contributed by atoms with Crippen molar-refractivity contribution in [3.63, 3.8) is 0 Å². The van der Waals surface area contributed by atoms with Crippen molar-refractivity contribution < 1.29 is 19.3 Å². The molecule has 1 unspecified atom stereocenters. The van der Waals surface area contributed by atoms with E-state index in [9.17, 15) is 14.6 Å². The molecule has 0 fully saturated rings. The maximum absolute atomic E-state index is 13.3. The predicted octanol–water partition coefficient (Wildman–Crippen LogP) is 3.15. The van der Waals surface area contributed by atoms with E-state index in [0.717, 1.165) is 5.56 Å². The second kappa shape index (κ2) is 5.83. The van der Waals surface area contributed by atoms with Gasteiger partial charge in [-0.2, -0.15) is 0 Å². The molecule has 3 rings (SSSR count). The first-order valence-electron chi connectivity index (χ1n) is 8.09. The van der Waals surface area contributed by atoms with Gasteiger partial charge in [-0.15, -0.1) is 0 Å². The number of aliphatic hydroxyl groups is 2. The Kier molecular flexibility index (Phi) is 4.10. The van der Waals surface area contributed by atoms with Crippen molar-refractivity contribution in [1.29, 1.82) is 0 Å². The molecule has 1 aromatic carbocycles. The molecule has 1 aliphatic heterocycles. The number of ether oxygens (including phenoxy) is 1. The Morgan fingerprint density at radius 2 is 2.00 bits per heavy atom. The summed E-state index contributed by atoms with van der Waals surface area (Å²) >= 11 is 0. The molecule has 2 aromatic rings. The van der Waals surface area contributed by atoms with E-state index in [1.165, 1.54) is 12.1 Å². The van der Waals surface area contributed by atoms with E-state index in [4.69, 9.17) is 4.74 Å². The van der Waals surface area contributed by atoms with Crippen molar-refractivity contribution in [3.8, 4) is 17.0 Å². The van der Waals surface area contributed by atoms with Gasteiger partial charge in [0.05, 0.1) is 17.7 Å². The van der Waals surface area contributed by atoms with Gasteiger partial charge < -0.3 is 14.9 Å². The molecule has 5 heteroatoms. The van der Waals surface area contributed by atoms with Gasteiger partial charge in [-0.25, -0.2) is 9.37 Å². The summed E-state index contributed by atoms with van der Waals surface area (Å²) in [5, 5.41) is 20.5. The van der Waals surface area contributed by atoms with Crippen molar-refractivity contribution in [2.24, 2.45) is 0 Å². The molecule has 0 saturated heterocycles. The molecule has 0 spiro atoms. The average Bonchev–Trinajstić information content (AvgIpc) is 2.93. The zero-order chi connectivity index (χ0) is 17.5. The summed E-state index contributed by atoms with van der Waals surface area (Å²) in [5.74, 6) is 0.266. The molecule has 2 atom stereocenters. The molecule has 4 nitrogen and oxygen atoms in total. The molecule has 2 heterocycles. The number of rotatable bonds is 4. The first kappa shape index (κ1) is 16.9. The largest absolute Gasteiger partial charge is 0.490 e. The number of benzene rings is 1. The molecule has 0 amide bonds. The van der Waals surface area contributed by atoms with Crippen LogP contribution in [0.2, 0.25) is 0 Å². The van der Waals surface area contributed by atoms with E-state index in [0.29, 0.717) is 35.7 Å². The van der Waals surface area contributed by atoms with E-state index in [-0.39, 0.29) is 12.4 Å². The van der Waals surface area contributed by atoms with Crippen LogP contribution in [0.5, 0.6) is 5.75 Å². The number of hydrogen-bond donors (Lipinski definition) is 2. The zero-order valence-electron chi connectivity index (χ0n) is 14.1. The summed E-state index contributed by atoms with van der Waals surface area (Å²) < 4.78 is 19.1. The minimum Gasteiger partial charge on any atom is -0.490 e. The van der Waals surface area contributed by atoms with Crippen molar-refractivity contribution in [1.82, 2.24) is 4.98 Å². The molecule has 0 aliphatic carbocycles. The van der Waals surface area contributed by atoms with Gasteiger partial charge in [-0.05, 0) is 50.6 Å². The van der Waals surface area contributed by atoms with Crippen LogP contribution < -0.4 is 4.74 Å². The maximum Gasteiger partial charge on any atom is 0.149 e. The van der Waals surface area contributed by atoms with Gasteiger partial charge in [0, 0.05) is 11.1 Å². The minimum atomic E-state index is -1.09. The highest BCUT2D eigenvalue weighted by molar-refractivity contribution is 5.70. The van der Waals surface area contributed by atoms with Crippen LogP contribution >= 0.6 is 0 Å². The van der Waals surface area contributed by atoms with Gasteiger partial charge in [0.15, 0.2) is 0 Å². The molecule has 1 aromatic heterocycles. The van der Waals surface area contributed by atoms with Gasteiger partial charge >= 0.3 is 0 Å². The summed E-state index contributed by atoms with van der Waals surface area (Å²) in [6.07, 6.45) is 0.498. The van der Waals surface area contributed by atoms with E-state index < -0.39 is 11.0 Å². The monoisotopic (exact) mass is 331 g/mol. The first-order chi connectivity index (χ1) is 11.3. The summed E-state index contributed by atoms with van der Waals surface area (Å²) in [6.45, 7) is 5.78. The van der Waals surface area contributed by atoms with Crippen LogP contribution in [0, 0.1) is 5.82 Å². The van der Waals surface area contributed by atoms with Crippen molar-refractivity contribution >= 4 is 0 Å². The standard InChI is InChI=1S/C19H22FNO3/c1-4-19(3,23)15-9-14-17(24-11-18(14,2)10-22)16(21-15)12-5-7-13(20)8-6-12/h5-9,22-23H,4,10-11H2,1-3H3/t18-,19?/m0/s1. The summed E-state index contributed by atoms with van der Waals surface area (Å²) in [4.78, 5) is 4.61. The first-order valence-corrected chi connectivity index (χ1v) is 8.09. The van der Waals surface area contributed by atoms with Gasteiger partial charge in [-0.3, -0.25) is 0 Å². The highest BCUT2D eigenvalue weighted by Crippen LogP contribution is 2.45. The van der Waals surface area contributed by atoms with Crippen LogP contribution in [0.15, 0.2) is 30.3 Å². The van der Waals surface area contributed by atoms with Gasteiger partial charge in [0.25, 0.3) is 0 Å². The normalized spacial score (nSPS) is 21.9. The summed E-state index contributed by atoms with van der Waals surface area (Å²) in [7, 11) is 0. The molecule has 1 aliphatic rings. The predicted molar refractivity (Wildman–Crippen MR) is 89.4 cm³/mol. The molecule has 0 bridgehead atoms. The molecule has 128 valence electrons. The molecular weight excluding hydrogens is 309 g/mol. The van der Waals surface area contributed by atoms with Gasteiger partial charge in [-0.1, -0.05) is 6.92 Å². The quantitative estimate of drug-likeness (QED) is 0.903. The number of aliphatic hydroxyl groups excluding tert-OH is 1. The van der Waals surface area contributed by atoms with Gasteiger partial charge in [0.2, 0.25) is 0 Å². The van der Waals surface area contributed by atoms with Crippen LogP contribution in [0.3, 0.4) is 0 Å². The Hall–Kier alpha value is -1.98. The summed E-state index contributed by atoms with van der Waals surface area (Å²) in [5.41, 5.74) is 0.974. The lowest BCUT2D eigenvalue weighted by molar-refractivity contribution is 0.0484. The van der Waals surface area contributed by atoms with Crippen molar-refractivity contribution in [2.75, 3.05) is 13.2 Å². The number of halogens is 1. The summed E-state index contributed by atoms with van der Waals surface area (Å²) in [6, 6.07) is 7.83. The van der Waals surface area contributed by atoms with E-state index >= 15 is 0 Å². The van der Waals surface area contributed by atoms with Crippen LogP contribution in [0.25, 0.3) is 11.3 Å². The lowest BCUT2D eigenvalue weighted by Gasteiger charge is -2.25. The number of pyridine rings is 1. The highest BCUT2D eigenvalue weighted by Gasteiger charge is 2.40. The van der Waals surface area contributed by atoms with Gasteiger partial charge in [0.1, 0.15) is 29.5 Å². The second-order valence-corrected chi connectivity index (χ2v) is 6.87. The highest BCUT2D eigenvalue weighted by atomic mass is 19.1. The molecular formula is C19H22FNO3. The molecule has 2 N–H and O–H groups in total. The third-order valence-electron chi connectivity index (χ3n) is 4.87. The fourth-order valence-corrected chi connectivity index (χ4v) is 2.83. The molecule has 0 saturated carbocycles. The Bertz CT molecular complexity index is 758. The zero-order valence-corrected chi connectivity index (χ0v) is 14.1. The Morgan fingerprint density at radius 1 is 1.33 bits per heavy atom. The lowest BCUT2D eigenvalue weighted by atomic mass is 9.83. The maximum atomic E-state index is 13.3. The third kappa shape index (κ3) is 2.68. The fraction of sp³-hybridized carbons (Fsp3) is 0.421. The SMILES string of the molecule is CCC(C)(O)c1cc2c(c(-c3ccc(F)cc3)n1)OC[C@]2(C)CO. The smallest absolute Gasteiger partial charge is 0.149 e. The van der Waals surface area contributed by atoms with Crippen molar-refractivity contribution in [3.05, 3.63) is 47.4 Å². The van der Waals surface area contributed by atoms with Crippen LogP contribution in [-0.4, -0.2) is 28.4 Å². The van der Waals surface area contributed by atoms with E-state index in [1.54, 1.807) is 19.1 Å². The molecule has 0 radical (unpaired) electrons. The van der Waals surface area contributed by atoms with Crippen LogP contribution in [-0.2, 0) is 11.0 Å². The van der Waals surface area contributed by atoms with E-state index in [1.807, 2.05) is 19.9 Å². The fourth-order valence-electron chi connectivity index (χ4n) is 2.83. The average molecular weight is 331 g/mol. The number of aromatic nitrogens is 1. The topological polar surface area (TPSA) is 62.6 Å². The number of fused-ring (bicyclic) bond motifs is 1. The Morgan fingerprint density at radius 3 is 2.58 bits per heavy atom. The van der Waals surface area contributed by atoms with Crippen LogP contribution in [0.4, 0.5) is 4.39 Å². The molecule has 24 heavy (non-hydrogen) atoms. The van der Waals surface area contributed by atoms with E-state index in [2.05, 4.69) is 4.98 Å². The Balaban J connectivity index is 2.25. The number of nitrogens with zero attached hydrogens (tertiary/aromatic N) is 1.